The van der Waals surface area contributed by atoms with Gasteiger partial charge in [0.2, 0.25) is 15.9 Å². The lowest BCUT2D eigenvalue weighted by atomic mass is 10.3. The van der Waals surface area contributed by atoms with Gasteiger partial charge in [0.05, 0.1) is 4.90 Å². The summed E-state index contributed by atoms with van der Waals surface area (Å²) >= 11 is 7.22. The third-order valence-corrected chi connectivity index (χ3v) is 5.35. The van der Waals surface area contributed by atoms with Crippen molar-refractivity contribution in [2.45, 2.75) is 16.5 Å². The molecular weight excluding hydrogens is 398 g/mol. The molecular formula is C16H14ClN3O4S2. The lowest BCUT2D eigenvalue weighted by molar-refractivity contribution is -0.115. The highest BCUT2D eigenvalue weighted by Gasteiger charge is 2.10. The molecule has 0 aliphatic heterocycles. The Morgan fingerprint density at radius 3 is 2.65 bits per heavy atom. The van der Waals surface area contributed by atoms with Crippen LogP contribution in [0.15, 0.2) is 57.0 Å². The number of oxazole rings is 1. The summed E-state index contributed by atoms with van der Waals surface area (Å²) in [7, 11) is -3.75. The summed E-state index contributed by atoms with van der Waals surface area (Å²) in [5.74, 6) is 0.266. The molecule has 0 aliphatic rings. The van der Waals surface area contributed by atoms with Crippen LogP contribution in [-0.2, 0) is 14.8 Å². The maximum atomic E-state index is 12.0. The number of rotatable bonds is 6. The Hall–Kier alpha value is -2.07. The van der Waals surface area contributed by atoms with Crippen molar-refractivity contribution in [2.75, 3.05) is 11.1 Å². The van der Waals surface area contributed by atoms with Gasteiger partial charge in [-0.05, 0) is 42.5 Å². The number of fused-ring (bicyclic) bond motifs is 1. The molecule has 1 aromatic heterocycles. The summed E-state index contributed by atoms with van der Waals surface area (Å²) in [6.07, 6.45) is 0.237. The summed E-state index contributed by atoms with van der Waals surface area (Å²) in [4.78, 5) is 16.3. The molecule has 0 fully saturated rings. The molecule has 3 rings (SSSR count). The predicted octanol–water partition coefficient (Wildman–Crippen LogP) is 3.25. The fourth-order valence-electron chi connectivity index (χ4n) is 2.12. The van der Waals surface area contributed by atoms with Gasteiger partial charge in [-0.2, -0.15) is 0 Å². The van der Waals surface area contributed by atoms with Crippen molar-refractivity contribution in [1.82, 2.24) is 4.98 Å². The molecule has 0 unspecified atom stereocenters. The highest BCUT2D eigenvalue weighted by atomic mass is 35.5. The van der Waals surface area contributed by atoms with Gasteiger partial charge < -0.3 is 9.73 Å². The van der Waals surface area contributed by atoms with E-state index in [1.54, 1.807) is 18.2 Å². The van der Waals surface area contributed by atoms with Gasteiger partial charge in [-0.3, -0.25) is 4.79 Å². The van der Waals surface area contributed by atoms with Crippen molar-refractivity contribution in [2.24, 2.45) is 5.14 Å². The van der Waals surface area contributed by atoms with Gasteiger partial charge in [0.1, 0.15) is 5.52 Å². The van der Waals surface area contributed by atoms with Crippen LogP contribution in [0.2, 0.25) is 5.02 Å². The molecule has 0 radical (unpaired) electrons. The number of aromatic nitrogens is 1. The van der Waals surface area contributed by atoms with Crippen LogP contribution in [0, 0.1) is 0 Å². The normalized spacial score (nSPS) is 11.6. The van der Waals surface area contributed by atoms with E-state index >= 15 is 0 Å². The Balaban J connectivity index is 1.52. The standard InChI is InChI=1S/C16H14ClN3O4S2/c17-10-1-6-14-13(9-10)20-16(24-14)25-8-7-15(21)19-11-2-4-12(5-3-11)26(18,22)23/h1-6,9H,7-8H2,(H,19,21)(H2,18,22,23). The molecule has 1 heterocycles. The van der Waals surface area contributed by atoms with Gasteiger partial charge in [0.25, 0.3) is 5.22 Å². The number of nitrogens with one attached hydrogen (secondary N) is 1. The zero-order valence-corrected chi connectivity index (χ0v) is 15.7. The van der Waals surface area contributed by atoms with Gasteiger partial charge in [0, 0.05) is 22.9 Å². The van der Waals surface area contributed by atoms with E-state index in [2.05, 4.69) is 10.3 Å². The molecule has 0 saturated carbocycles. The number of benzene rings is 2. The van der Waals surface area contributed by atoms with Crippen molar-refractivity contribution >= 4 is 56.1 Å². The topological polar surface area (TPSA) is 115 Å². The third kappa shape index (κ3) is 4.76. The van der Waals surface area contributed by atoms with Crippen LogP contribution in [-0.4, -0.2) is 25.1 Å². The maximum absolute atomic E-state index is 12.0. The lowest BCUT2D eigenvalue weighted by Crippen LogP contribution is -2.14. The molecule has 3 aromatic rings. The number of carbonyl (C=O) groups is 1. The Morgan fingerprint density at radius 2 is 1.96 bits per heavy atom. The molecule has 0 saturated heterocycles. The van der Waals surface area contributed by atoms with Crippen LogP contribution in [0.25, 0.3) is 11.1 Å². The van der Waals surface area contributed by atoms with Gasteiger partial charge in [0.15, 0.2) is 5.58 Å². The lowest BCUT2D eigenvalue weighted by Gasteiger charge is -2.05. The second kappa shape index (κ2) is 7.67. The number of primary sulfonamides is 1. The van der Waals surface area contributed by atoms with Crippen LogP contribution in [0.3, 0.4) is 0 Å². The molecule has 0 aliphatic carbocycles. The highest BCUT2D eigenvalue weighted by Crippen LogP contribution is 2.26. The smallest absolute Gasteiger partial charge is 0.256 e. The number of thioether (sulfide) groups is 1. The number of anilines is 1. The van der Waals surface area contributed by atoms with E-state index in [4.69, 9.17) is 21.2 Å². The first kappa shape index (κ1) is 18.7. The monoisotopic (exact) mass is 411 g/mol. The minimum Gasteiger partial charge on any atom is -0.431 e. The van der Waals surface area contributed by atoms with Gasteiger partial charge >= 0.3 is 0 Å². The number of carbonyl (C=O) groups excluding carboxylic acids is 1. The van der Waals surface area contributed by atoms with E-state index in [0.717, 1.165) is 0 Å². The zero-order chi connectivity index (χ0) is 18.7. The summed E-state index contributed by atoms with van der Waals surface area (Å²) in [6, 6.07) is 10.8. The Kier molecular flexibility index (Phi) is 5.52. The van der Waals surface area contributed by atoms with E-state index < -0.39 is 10.0 Å². The molecule has 1 amide bonds. The van der Waals surface area contributed by atoms with Gasteiger partial charge in [-0.15, -0.1) is 0 Å². The van der Waals surface area contributed by atoms with Crippen LogP contribution in [0.4, 0.5) is 5.69 Å². The van der Waals surface area contributed by atoms with Crippen molar-refractivity contribution in [3.05, 3.63) is 47.5 Å². The van der Waals surface area contributed by atoms with Gasteiger partial charge in [-0.1, -0.05) is 23.4 Å². The van der Waals surface area contributed by atoms with Crippen molar-refractivity contribution in [1.29, 1.82) is 0 Å². The van der Waals surface area contributed by atoms with Gasteiger partial charge in [-0.25, -0.2) is 18.5 Å². The fraction of sp³-hybridized carbons (Fsp3) is 0.125. The fourth-order valence-corrected chi connectivity index (χ4v) is 3.58. The number of sulfonamides is 1. The number of halogens is 1. The molecule has 3 N–H and O–H groups in total. The third-order valence-electron chi connectivity index (χ3n) is 3.35. The number of hydrogen-bond acceptors (Lipinski definition) is 6. The summed E-state index contributed by atoms with van der Waals surface area (Å²) in [5, 5.41) is 8.75. The molecule has 7 nitrogen and oxygen atoms in total. The molecule has 26 heavy (non-hydrogen) atoms. The molecule has 0 bridgehead atoms. The van der Waals surface area contributed by atoms with Crippen LogP contribution in [0.5, 0.6) is 0 Å². The Bertz CT molecular complexity index is 1050. The minimum absolute atomic E-state index is 0.0119. The SMILES string of the molecule is NS(=O)(=O)c1ccc(NC(=O)CCSc2nc3cc(Cl)ccc3o2)cc1. The largest absolute Gasteiger partial charge is 0.431 e. The first-order valence-corrected chi connectivity index (χ1v) is 10.3. The predicted molar refractivity (Wildman–Crippen MR) is 101 cm³/mol. The molecule has 2 aromatic carbocycles. The van der Waals surface area contributed by atoms with E-state index in [-0.39, 0.29) is 17.2 Å². The molecule has 10 heteroatoms. The molecule has 136 valence electrons. The first-order valence-electron chi connectivity index (χ1n) is 7.43. The van der Waals surface area contributed by atoms with Crippen LogP contribution >= 0.6 is 23.4 Å². The van der Waals surface area contributed by atoms with E-state index in [1.165, 1.54) is 36.0 Å². The Morgan fingerprint density at radius 1 is 1.23 bits per heavy atom. The second-order valence-corrected chi connectivity index (χ2v) is 8.35. The quantitative estimate of drug-likeness (QED) is 0.601. The van der Waals surface area contributed by atoms with Crippen molar-refractivity contribution < 1.29 is 17.6 Å². The highest BCUT2D eigenvalue weighted by molar-refractivity contribution is 7.99. The second-order valence-electron chi connectivity index (χ2n) is 5.31. The summed E-state index contributed by atoms with van der Waals surface area (Å²) in [5.41, 5.74) is 1.79. The average molecular weight is 412 g/mol. The zero-order valence-electron chi connectivity index (χ0n) is 13.3. The first-order chi connectivity index (χ1) is 12.3. The number of nitrogens with two attached hydrogens (primary N) is 1. The average Bonchev–Trinajstić information content (AvgIpc) is 2.96. The van der Waals surface area contributed by atoms with Crippen molar-refractivity contribution in [3.8, 4) is 0 Å². The van der Waals surface area contributed by atoms with Crippen molar-refractivity contribution in [3.63, 3.8) is 0 Å². The Labute approximate surface area is 159 Å². The van der Waals surface area contributed by atoms with E-state index in [1.807, 2.05) is 0 Å². The summed E-state index contributed by atoms with van der Waals surface area (Å²) < 4.78 is 27.9. The summed E-state index contributed by atoms with van der Waals surface area (Å²) in [6.45, 7) is 0. The number of hydrogen-bond donors (Lipinski definition) is 2. The molecule has 0 spiro atoms. The maximum Gasteiger partial charge on any atom is 0.256 e. The van der Waals surface area contributed by atoms with E-state index in [0.29, 0.717) is 32.8 Å². The minimum atomic E-state index is -3.75. The number of nitrogens with zero attached hydrogens (tertiary/aromatic N) is 1. The van der Waals surface area contributed by atoms with Crippen LogP contribution in [0.1, 0.15) is 6.42 Å². The molecule has 0 atom stereocenters. The van der Waals surface area contributed by atoms with E-state index in [9.17, 15) is 13.2 Å². The van der Waals surface area contributed by atoms with Crippen LogP contribution < -0.4 is 10.5 Å². The number of amides is 1.